The highest BCUT2D eigenvalue weighted by Gasteiger charge is 2.40. The highest BCUT2D eigenvalue weighted by molar-refractivity contribution is 7.92. The molecule has 1 atom stereocenters. The van der Waals surface area contributed by atoms with Gasteiger partial charge in [0.05, 0.1) is 5.75 Å². The van der Waals surface area contributed by atoms with Crippen LogP contribution >= 0.6 is 0 Å². The monoisotopic (exact) mass is 383 g/mol. The van der Waals surface area contributed by atoms with Crippen molar-refractivity contribution >= 4 is 27.6 Å². The summed E-state index contributed by atoms with van der Waals surface area (Å²) in [5.41, 5.74) is 0. The second-order valence-corrected chi connectivity index (χ2v) is 9.50. The van der Waals surface area contributed by atoms with Gasteiger partial charge < -0.3 is 15.1 Å². The summed E-state index contributed by atoms with van der Waals surface area (Å²) in [4.78, 5) is 39.3. The molecule has 3 fully saturated rings. The Morgan fingerprint density at radius 3 is 2.38 bits per heavy atom. The number of nitrogens with zero attached hydrogens (tertiary/aromatic N) is 2. The van der Waals surface area contributed by atoms with Crippen LogP contribution in [-0.4, -0.2) is 79.7 Å². The maximum Gasteiger partial charge on any atom is 0.246 e. The fourth-order valence-corrected chi connectivity index (χ4v) is 5.34. The molecule has 0 aromatic heterocycles. The summed E-state index contributed by atoms with van der Waals surface area (Å²) in [7, 11) is -3.51. The fourth-order valence-electron chi connectivity index (χ4n) is 4.00. The number of carbonyl (C=O) groups excluding carboxylic acids is 3. The average molecular weight is 383 g/mol. The Bertz CT molecular complexity index is 706. The minimum absolute atomic E-state index is 0.109. The standard InChI is InChI=1S/C17H25N3O5S/c1-2-3-16(22)20-8-13(9-20)12-4-6-19(7-5-12)17(23)14-10-26(24,25)11-15(21)18-14/h2,12-14H,1,3-11H2,(H,18,21). The topological polar surface area (TPSA) is 104 Å². The molecular formula is C17H25N3O5S. The van der Waals surface area contributed by atoms with Crippen LogP contribution < -0.4 is 5.32 Å². The maximum atomic E-state index is 12.5. The van der Waals surface area contributed by atoms with Crippen molar-refractivity contribution < 1.29 is 22.8 Å². The van der Waals surface area contributed by atoms with Crippen LogP contribution in [0.4, 0.5) is 0 Å². The Morgan fingerprint density at radius 1 is 1.15 bits per heavy atom. The Morgan fingerprint density at radius 2 is 1.81 bits per heavy atom. The molecule has 9 heteroatoms. The molecule has 0 aromatic carbocycles. The predicted molar refractivity (Wildman–Crippen MR) is 94.8 cm³/mol. The highest BCUT2D eigenvalue weighted by atomic mass is 32.2. The summed E-state index contributed by atoms with van der Waals surface area (Å²) in [6.07, 6.45) is 3.67. The lowest BCUT2D eigenvalue weighted by atomic mass is 9.79. The molecule has 0 aromatic rings. The van der Waals surface area contributed by atoms with Gasteiger partial charge >= 0.3 is 0 Å². The molecule has 0 bridgehead atoms. The highest BCUT2D eigenvalue weighted by Crippen LogP contribution is 2.32. The SMILES string of the molecule is C=CCC(=O)N1CC(C2CCN(C(=O)C3CS(=O)(=O)CC(=O)N3)CC2)C1. The number of sulfone groups is 1. The summed E-state index contributed by atoms with van der Waals surface area (Å²) in [5.74, 6) is -0.729. The number of likely N-dealkylation sites (tertiary alicyclic amines) is 2. The van der Waals surface area contributed by atoms with Gasteiger partial charge in [-0.1, -0.05) is 6.08 Å². The Balaban J connectivity index is 1.47. The Labute approximate surface area is 153 Å². The van der Waals surface area contributed by atoms with Gasteiger partial charge in [0.2, 0.25) is 17.7 Å². The van der Waals surface area contributed by atoms with E-state index in [0.29, 0.717) is 31.3 Å². The predicted octanol–water partition coefficient (Wildman–Crippen LogP) is -0.827. The molecule has 0 saturated carbocycles. The summed E-state index contributed by atoms with van der Waals surface area (Å²) in [6, 6.07) is -0.964. The third-order valence-corrected chi connectivity index (χ3v) is 7.05. The van der Waals surface area contributed by atoms with Crippen molar-refractivity contribution in [3.05, 3.63) is 12.7 Å². The van der Waals surface area contributed by atoms with Crippen molar-refractivity contribution in [1.29, 1.82) is 0 Å². The van der Waals surface area contributed by atoms with Crippen molar-refractivity contribution in [1.82, 2.24) is 15.1 Å². The van der Waals surface area contributed by atoms with Gasteiger partial charge in [0.25, 0.3) is 0 Å². The number of carbonyl (C=O) groups is 3. The molecule has 0 spiro atoms. The van der Waals surface area contributed by atoms with E-state index < -0.39 is 27.5 Å². The fraction of sp³-hybridized carbons (Fsp3) is 0.706. The third kappa shape index (κ3) is 4.08. The Hall–Kier alpha value is -1.90. The zero-order valence-corrected chi connectivity index (χ0v) is 15.5. The lowest BCUT2D eigenvalue weighted by molar-refractivity contribution is -0.140. The molecule has 0 radical (unpaired) electrons. The van der Waals surface area contributed by atoms with E-state index >= 15 is 0 Å². The molecule has 3 aliphatic rings. The summed E-state index contributed by atoms with van der Waals surface area (Å²) >= 11 is 0. The quantitative estimate of drug-likeness (QED) is 0.639. The van der Waals surface area contributed by atoms with Crippen molar-refractivity contribution in [2.24, 2.45) is 11.8 Å². The molecule has 1 N–H and O–H groups in total. The van der Waals surface area contributed by atoms with E-state index in [9.17, 15) is 22.8 Å². The maximum absolute atomic E-state index is 12.5. The van der Waals surface area contributed by atoms with Crippen molar-refractivity contribution in [3.8, 4) is 0 Å². The van der Waals surface area contributed by atoms with E-state index in [2.05, 4.69) is 11.9 Å². The van der Waals surface area contributed by atoms with E-state index in [4.69, 9.17) is 0 Å². The molecule has 3 saturated heterocycles. The average Bonchev–Trinajstić information content (AvgIpc) is 2.52. The number of amides is 3. The van der Waals surface area contributed by atoms with Crippen molar-refractivity contribution in [3.63, 3.8) is 0 Å². The third-order valence-electron chi connectivity index (χ3n) is 5.50. The van der Waals surface area contributed by atoms with Crippen LogP contribution in [0, 0.1) is 11.8 Å². The Kier molecular flexibility index (Phi) is 5.36. The van der Waals surface area contributed by atoms with E-state index in [1.807, 2.05) is 4.90 Å². The van der Waals surface area contributed by atoms with Crippen LogP contribution in [0.25, 0.3) is 0 Å². The van der Waals surface area contributed by atoms with E-state index in [-0.39, 0.29) is 17.6 Å². The summed E-state index contributed by atoms with van der Waals surface area (Å²) in [6.45, 7) is 6.24. The number of nitrogens with one attached hydrogen (secondary N) is 1. The molecule has 3 rings (SSSR count). The molecule has 1 unspecified atom stereocenters. The van der Waals surface area contributed by atoms with Gasteiger partial charge in [-0.3, -0.25) is 14.4 Å². The number of piperidine rings is 1. The number of hydrogen-bond donors (Lipinski definition) is 1. The van der Waals surface area contributed by atoms with Crippen LogP contribution in [0.1, 0.15) is 19.3 Å². The molecule has 3 amide bonds. The lowest BCUT2D eigenvalue weighted by Crippen LogP contribution is -2.59. The first-order valence-corrected chi connectivity index (χ1v) is 10.8. The number of rotatable bonds is 4. The van der Waals surface area contributed by atoms with Gasteiger partial charge in [0.15, 0.2) is 9.84 Å². The van der Waals surface area contributed by atoms with Gasteiger partial charge in [-0.05, 0) is 24.7 Å². The first-order valence-electron chi connectivity index (χ1n) is 8.96. The summed E-state index contributed by atoms with van der Waals surface area (Å²) < 4.78 is 23.4. The van der Waals surface area contributed by atoms with Crippen molar-refractivity contribution in [2.45, 2.75) is 25.3 Å². The van der Waals surface area contributed by atoms with Crippen molar-refractivity contribution in [2.75, 3.05) is 37.7 Å². The minimum Gasteiger partial charge on any atom is -0.342 e. The normalized spacial score (nSPS) is 26.8. The van der Waals surface area contributed by atoms with Crippen LogP contribution in [0.2, 0.25) is 0 Å². The van der Waals surface area contributed by atoms with E-state index in [1.54, 1.807) is 11.0 Å². The van der Waals surface area contributed by atoms with Gasteiger partial charge in [-0.15, -0.1) is 6.58 Å². The molecule has 144 valence electrons. The minimum atomic E-state index is -3.51. The largest absolute Gasteiger partial charge is 0.342 e. The lowest BCUT2D eigenvalue weighted by Gasteiger charge is -2.46. The van der Waals surface area contributed by atoms with E-state index in [1.165, 1.54) is 0 Å². The molecule has 8 nitrogen and oxygen atoms in total. The van der Waals surface area contributed by atoms with Gasteiger partial charge in [0, 0.05) is 32.6 Å². The zero-order valence-electron chi connectivity index (χ0n) is 14.7. The molecule has 0 aliphatic carbocycles. The molecular weight excluding hydrogens is 358 g/mol. The molecule has 3 aliphatic heterocycles. The molecule has 26 heavy (non-hydrogen) atoms. The second kappa shape index (κ2) is 7.38. The van der Waals surface area contributed by atoms with E-state index in [0.717, 1.165) is 25.9 Å². The smallest absolute Gasteiger partial charge is 0.246 e. The van der Waals surface area contributed by atoms with Gasteiger partial charge in [-0.25, -0.2) is 8.42 Å². The van der Waals surface area contributed by atoms with Crippen LogP contribution in [0.3, 0.4) is 0 Å². The van der Waals surface area contributed by atoms with Gasteiger partial charge in [-0.2, -0.15) is 0 Å². The molecule has 3 heterocycles. The summed E-state index contributed by atoms with van der Waals surface area (Å²) in [5, 5.41) is 2.49. The van der Waals surface area contributed by atoms with Crippen LogP contribution in [-0.2, 0) is 24.2 Å². The van der Waals surface area contributed by atoms with Gasteiger partial charge in [0.1, 0.15) is 11.8 Å². The first kappa shape index (κ1) is 18.9. The number of hydrogen-bond acceptors (Lipinski definition) is 5. The first-order chi connectivity index (χ1) is 12.3. The van der Waals surface area contributed by atoms with Crippen LogP contribution in [0.5, 0.6) is 0 Å². The zero-order chi connectivity index (χ0) is 18.9. The second-order valence-electron chi connectivity index (χ2n) is 7.39. The van der Waals surface area contributed by atoms with Crippen LogP contribution in [0.15, 0.2) is 12.7 Å².